The lowest BCUT2D eigenvalue weighted by atomic mass is 10.1. The number of pyridine rings is 1. The third-order valence-corrected chi connectivity index (χ3v) is 5.31. The molecule has 0 aliphatic rings. The fourth-order valence-corrected chi connectivity index (χ4v) is 3.54. The molecule has 5 aromatic rings. The Labute approximate surface area is 200 Å². The molecule has 2 amide bonds. The molecule has 0 saturated carbocycles. The van der Waals surface area contributed by atoms with Crippen molar-refractivity contribution in [2.75, 3.05) is 10.6 Å². The zero-order chi connectivity index (χ0) is 25.4. The van der Waals surface area contributed by atoms with Gasteiger partial charge in [0.25, 0.3) is 0 Å². The number of aromatic nitrogens is 4. The van der Waals surface area contributed by atoms with Gasteiger partial charge in [-0.2, -0.15) is 23.3 Å². The van der Waals surface area contributed by atoms with E-state index in [1.165, 1.54) is 12.1 Å². The number of amides is 2. The van der Waals surface area contributed by atoms with Crippen molar-refractivity contribution in [3.05, 3.63) is 78.0 Å². The largest absolute Gasteiger partial charge is 0.434 e. The second-order valence-corrected chi connectivity index (χ2v) is 7.80. The Morgan fingerprint density at radius 3 is 2.42 bits per heavy atom. The number of oxazole rings is 1. The normalized spacial score (nSPS) is 11.6. The Kier molecular flexibility index (Phi) is 5.63. The number of fused-ring (bicyclic) bond motifs is 1. The minimum Gasteiger partial charge on any atom is -0.434 e. The van der Waals surface area contributed by atoms with Crippen molar-refractivity contribution in [1.82, 2.24) is 20.2 Å². The molecular formula is C24H16F4N6O2. The highest BCUT2D eigenvalue weighted by atomic mass is 19.4. The summed E-state index contributed by atoms with van der Waals surface area (Å²) in [7, 11) is 0. The third-order valence-electron chi connectivity index (χ3n) is 5.31. The van der Waals surface area contributed by atoms with Crippen LogP contribution >= 0.6 is 0 Å². The molecule has 0 aliphatic carbocycles. The maximum absolute atomic E-state index is 14.6. The highest BCUT2D eigenvalue weighted by Gasteiger charge is 2.30. The zero-order valence-electron chi connectivity index (χ0n) is 18.4. The van der Waals surface area contributed by atoms with Gasteiger partial charge in [-0.15, -0.1) is 0 Å². The topological polar surface area (TPSA) is 109 Å². The number of halogens is 4. The van der Waals surface area contributed by atoms with Crippen LogP contribution in [0.25, 0.3) is 33.8 Å². The van der Waals surface area contributed by atoms with Gasteiger partial charge in [-0.1, -0.05) is 0 Å². The number of alkyl halides is 3. The Morgan fingerprint density at radius 1 is 1.00 bits per heavy atom. The second-order valence-electron chi connectivity index (χ2n) is 7.80. The summed E-state index contributed by atoms with van der Waals surface area (Å²) in [6.45, 7) is 1.84. The number of nitrogens with zero attached hydrogens (tertiary/aromatic N) is 3. The van der Waals surface area contributed by atoms with E-state index in [0.717, 1.165) is 47.2 Å². The molecule has 36 heavy (non-hydrogen) atoms. The molecule has 5 rings (SSSR count). The lowest BCUT2D eigenvalue weighted by Gasteiger charge is -2.10. The molecule has 8 nitrogen and oxygen atoms in total. The maximum atomic E-state index is 14.6. The van der Waals surface area contributed by atoms with Crippen molar-refractivity contribution >= 4 is 28.6 Å². The first-order valence-electron chi connectivity index (χ1n) is 10.5. The number of aromatic amines is 1. The van der Waals surface area contributed by atoms with Crippen LogP contribution in [0.5, 0.6) is 0 Å². The SMILES string of the molecule is Cc1n[nH]cc1-c1cnc2nc(-c3cc(NC(=O)Nc4ccc(C(F)(F)F)cc4)ccc3F)oc2c1. The van der Waals surface area contributed by atoms with Gasteiger partial charge < -0.3 is 15.1 Å². The molecule has 3 heterocycles. The van der Waals surface area contributed by atoms with Crippen LogP contribution in [-0.4, -0.2) is 26.2 Å². The fourth-order valence-electron chi connectivity index (χ4n) is 3.54. The molecule has 0 spiro atoms. The average molecular weight is 496 g/mol. The van der Waals surface area contributed by atoms with Crippen LogP contribution in [0.3, 0.4) is 0 Å². The lowest BCUT2D eigenvalue weighted by molar-refractivity contribution is -0.137. The molecule has 2 aromatic carbocycles. The summed E-state index contributed by atoms with van der Waals surface area (Å²) < 4.78 is 58.4. The Bertz CT molecular complexity index is 1570. The van der Waals surface area contributed by atoms with Crippen LogP contribution < -0.4 is 10.6 Å². The molecule has 0 fully saturated rings. The number of carbonyl (C=O) groups is 1. The number of rotatable bonds is 4. The number of hydrogen-bond acceptors (Lipinski definition) is 5. The van der Waals surface area contributed by atoms with Gasteiger partial charge in [0.05, 0.1) is 16.8 Å². The molecule has 0 saturated heterocycles. The van der Waals surface area contributed by atoms with Crippen LogP contribution in [0.2, 0.25) is 0 Å². The van der Waals surface area contributed by atoms with Gasteiger partial charge >= 0.3 is 12.2 Å². The predicted octanol–water partition coefficient (Wildman–Crippen LogP) is 6.39. The molecule has 0 radical (unpaired) electrons. The fraction of sp³-hybridized carbons (Fsp3) is 0.0833. The minimum atomic E-state index is -4.48. The first-order valence-corrected chi connectivity index (χ1v) is 10.5. The van der Waals surface area contributed by atoms with Crippen LogP contribution in [-0.2, 0) is 6.18 Å². The summed E-state index contributed by atoms with van der Waals surface area (Å²) in [4.78, 5) is 20.8. The monoisotopic (exact) mass is 496 g/mol. The average Bonchev–Trinajstić information content (AvgIpc) is 3.45. The molecule has 12 heteroatoms. The molecule has 3 aromatic heterocycles. The van der Waals surface area contributed by atoms with Crippen LogP contribution in [0.4, 0.5) is 33.7 Å². The first-order chi connectivity index (χ1) is 17.2. The van der Waals surface area contributed by atoms with Crippen molar-refractivity contribution in [2.45, 2.75) is 13.1 Å². The summed E-state index contributed by atoms with van der Waals surface area (Å²) in [6, 6.07) is 8.73. The van der Waals surface area contributed by atoms with Crippen molar-refractivity contribution in [1.29, 1.82) is 0 Å². The lowest BCUT2D eigenvalue weighted by Crippen LogP contribution is -2.19. The Balaban J connectivity index is 1.36. The van der Waals surface area contributed by atoms with E-state index in [2.05, 4.69) is 30.8 Å². The van der Waals surface area contributed by atoms with Crippen molar-refractivity contribution in [3.8, 4) is 22.6 Å². The minimum absolute atomic E-state index is 0.0126. The summed E-state index contributed by atoms with van der Waals surface area (Å²) in [5.41, 5.74) is 2.46. The zero-order valence-corrected chi connectivity index (χ0v) is 18.4. The molecule has 0 atom stereocenters. The molecule has 182 valence electrons. The van der Waals surface area contributed by atoms with E-state index in [0.29, 0.717) is 5.58 Å². The van der Waals surface area contributed by atoms with E-state index in [1.807, 2.05) is 6.92 Å². The molecule has 0 bridgehead atoms. The van der Waals surface area contributed by atoms with Gasteiger partial charge in [-0.25, -0.2) is 14.2 Å². The Hall–Kier alpha value is -4.74. The standard InChI is InChI=1S/C24H16F4N6O2/c1-12-18(11-30-34-12)13-8-20-21(29-10-13)33-22(36-20)17-9-16(6-7-19(17)25)32-23(35)31-15-4-2-14(3-5-15)24(26,27)28/h2-11H,1H3,(H,30,34)(H2,31,32,35). The predicted molar refractivity (Wildman–Crippen MR) is 124 cm³/mol. The number of anilines is 2. The highest BCUT2D eigenvalue weighted by molar-refractivity contribution is 6.00. The van der Waals surface area contributed by atoms with Crippen LogP contribution in [0.1, 0.15) is 11.3 Å². The van der Waals surface area contributed by atoms with Gasteiger partial charge in [-0.3, -0.25) is 5.10 Å². The van der Waals surface area contributed by atoms with E-state index in [-0.39, 0.29) is 28.5 Å². The van der Waals surface area contributed by atoms with Gasteiger partial charge in [-0.05, 0) is 55.5 Å². The number of hydrogen-bond donors (Lipinski definition) is 3. The van der Waals surface area contributed by atoms with Crippen LogP contribution in [0, 0.1) is 12.7 Å². The van der Waals surface area contributed by atoms with E-state index in [1.54, 1.807) is 18.5 Å². The van der Waals surface area contributed by atoms with Gasteiger partial charge in [0.15, 0.2) is 11.2 Å². The number of benzene rings is 2. The highest BCUT2D eigenvalue weighted by Crippen LogP contribution is 2.31. The summed E-state index contributed by atoms with van der Waals surface area (Å²) in [6.07, 6.45) is -1.16. The van der Waals surface area contributed by atoms with Gasteiger partial charge in [0, 0.05) is 34.9 Å². The van der Waals surface area contributed by atoms with E-state index in [9.17, 15) is 22.4 Å². The van der Waals surface area contributed by atoms with E-state index >= 15 is 0 Å². The number of H-pyrrole nitrogens is 1. The molecular weight excluding hydrogens is 480 g/mol. The summed E-state index contributed by atoms with van der Waals surface area (Å²) in [5.74, 6) is -0.677. The first kappa shape index (κ1) is 23.0. The van der Waals surface area contributed by atoms with E-state index in [4.69, 9.17) is 4.42 Å². The third kappa shape index (κ3) is 4.60. The number of carbonyl (C=O) groups excluding carboxylic acids is 1. The quantitative estimate of drug-likeness (QED) is 0.250. The van der Waals surface area contributed by atoms with Gasteiger partial charge in [0.2, 0.25) is 5.89 Å². The summed E-state index contributed by atoms with van der Waals surface area (Å²) >= 11 is 0. The summed E-state index contributed by atoms with van der Waals surface area (Å²) in [5, 5.41) is 11.8. The molecule has 0 unspecified atom stereocenters. The van der Waals surface area contributed by atoms with Crippen molar-refractivity contribution in [3.63, 3.8) is 0 Å². The second kappa shape index (κ2) is 8.80. The number of aryl methyl sites for hydroxylation is 1. The maximum Gasteiger partial charge on any atom is 0.416 e. The van der Waals surface area contributed by atoms with Crippen LogP contribution in [0.15, 0.2) is 65.3 Å². The molecule has 3 N–H and O–H groups in total. The smallest absolute Gasteiger partial charge is 0.416 e. The van der Waals surface area contributed by atoms with Crippen molar-refractivity contribution < 1.29 is 26.8 Å². The van der Waals surface area contributed by atoms with Crippen molar-refractivity contribution in [2.24, 2.45) is 0 Å². The molecule has 0 aliphatic heterocycles. The van der Waals surface area contributed by atoms with Gasteiger partial charge in [0.1, 0.15) is 5.82 Å². The Morgan fingerprint density at radius 2 is 1.72 bits per heavy atom. The number of urea groups is 1. The van der Waals surface area contributed by atoms with E-state index < -0.39 is 23.6 Å². The number of nitrogens with one attached hydrogen (secondary N) is 3.